The molecule has 4 N–H and O–H groups in total. The van der Waals surface area contributed by atoms with E-state index < -0.39 is 58.9 Å². The molecule has 1 aromatic rings. The van der Waals surface area contributed by atoms with E-state index in [1.54, 1.807) is 41.5 Å². The van der Waals surface area contributed by atoms with Gasteiger partial charge in [0.15, 0.2) is 0 Å². The summed E-state index contributed by atoms with van der Waals surface area (Å²) in [7, 11) is 2.88. The summed E-state index contributed by atoms with van der Waals surface area (Å²) < 4.78 is 5.25. The van der Waals surface area contributed by atoms with Crippen LogP contribution in [0.25, 0.3) is 0 Å². The van der Waals surface area contributed by atoms with E-state index in [9.17, 15) is 33.9 Å². The molecule has 0 aromatic heterocycles. The van der Waals surface area contributed by atoms with Crippen LogP contribution in [0.2, 0.25) is 0 Å². The van der Waals surface area contributed by atoms with Crippen LogP contribution >= 0.6 is 0 Å². The molecule has 13 nitrogen and oxygen atoms in total. The lowest BCUT2D eigenvalue weighted by Crippen LogP contribution is -2.58. The number of carboxylic acids is 1. The van der Waals surface area contributed by atoms with Crippen LogP contribution in [0.15, 0.2) is 24.3 Å². The third-order valence-electron chi connectivity index (χ3n) is 6.35. The van der Waals surface area contributed by atoms with Gasteiger partial charge in [0.25, 0.3) is 11.8 Å². The number of likely N-dealkylation sites (tertiary alicyclic amines) is 1. The van der Waals surface area contributed by atoms with Crippen molar-refractivity contribution >= 4 is 35.7 Å². The number of benzene rings is 1. The van der Waals surface area contributed by atoms with Crippen LogP contribution in [-0.2, 0) is 19.1 Å². The minimum Gasteiger partial charge on any atom is -0.480 e. The molecular formula is C29H45N5O8. The summed E-state index contributed by atoms with van der Waals surface area (Å²) >= 11 is 0. The molecule has 13 heteroatoms. The van der Waals surface area contributed by atoms with Crippen molar-refractivity contribution < 1.29 is 38.6 Å². The molecule has 3 atom stereocenters. The van der Waals surface area contributed by atoms with Gasteiger partial charge in [-0.25, -0.2) is 9.59 Å². The first-order chi connectivity index (χ1) is 18.8. The van der Waals surface area contributed by atoms with E-state index in [-0.39, 0.29) is 38.4 Å². The summed E-state index contributed by atoms with van der Waals surface area (Å²) in [5.41, 5.74) is -0.925. The zero-order valence-corrected chi connectivity index (χ0v) is 24.9. The Morgan fingerprint density at radius 2 is 1.52 bits per heavy atom. The number of amides is 5. The largest absolute Gasteiger partial charge is 0.480 e. The number of ether oxygens (including phenoxy) is 1. The van der Waals surface area contributed by atoms with Crippen LogP contribution < -0.4 is 16.0 Å². The smallest absolute Gasteiger partial charge is 0.410 e. The van der Waals surface area contributed by atoms with Crippen molar-refractivity contribution in [3.05, 3.63) is 35.4 Å². The first-order valence-corrected chi connectivity index (χ1v) is 13.2. The highest BCUT2D eigenvalue weighted by molar-refractivity contribution is 5.98. The molecule has 1 fully saturated rings. The Morgan fingerprint density at radius 1 is 1.00 bits per heavy atom. The van der Waals surface area contributed by atoms with Gasteiger partial charge < -0.3 is 35.6 Å². The number of carbonyl (C=O) groups is 6. The number of carboxylic acid groups (broad SMARTS) is 1. The second-order valence-corrected chi connectivity index (χ2v) is 12.1. The Labute approximate surface area is 247 Å². The molecule has 0 saturated carbocycles. The maximum Gasteiger partial charge on any atom is 0.410 e. The van der Waals surface area contributed by atoms with E-state index in [2.05, 4.69) is 16.0 Å². The van der Waals surface area contributed by atoms with Gasteiger partial charge in [0.05, 0.1) is 0 Å². The number of likely N-dealkylation sites (N-methyl/N-ethyl adjacent to an activating group) is 1. The van der Waals surface area contributed by atoms with Gasteiger partial charge in [-0.05, 0) is 50.5 Å². The average molecular weight is 592 g/mol. The fourth-order valence-corrected chi connectivity index (χ4v) is 4.25. The predicted octanol–water partition coefficient (Wildman–Crippen LogP) is 1.86. The van der Waals surface area contributed by atoms with Gasteiger partial charge in [0.2, 0.25) is 11.8 Å². The summed E-state index contributed by atoms with van der Waals surface area (Å²) in [5, 5.41) is 17.8. The van der Waals surface area contributed by atoms with Crippen LogP contribution in [0, 0.1) is 5.41 Å². The normalized spacial score (nSPS) is 17.3. The highest BCUT2D eigenvalue weighted by Gasteiger charge is 2.45. The Bertz CT molecular complexity index is 1170. The minimum atomic E-state index is -1.24. The Balaban J connectivity index is 0.00000882. The maximum atomic E-state index is 13.7. The zero-order chi connectivity index (χ0) is 31.3. The fraction of sp³-hybridized carbons (Fsp3) is 0.586. The van der Waals surface area contributed by atoms with E-state index in [4.69, 9.17) is 4.74 Å². The molecule has 1 aromatic carbocycles. The third-order valence-corrected chi connectivity index (χ3v) is 6.35. The highest BCUT2D eigenvalue weighted by atomic mass is 16.6. The van der Waals surface area contributed by atoms with Gasteiger partial charge in [-0.3, -0.25) is 19.2 Å². The molecule has 0 spiro atoms. The lowest BCUT2D eigenvalue weighted by atomic mass is 9.85. The summed E-state index contributed by atoms with van der Waals surface area (Å²) in [6.45, 7) is 9.79. The molecule has 0 bridgehead atoms. The van der Waals surface area contributed by atoms with E-state index in [1.165, 1.54) is 38.4 Å². The van der Waals surface area contributed by atoms with Crippen LogP contribution in [0.1, 0.15) is 76.1 Å². The summed E-state index contributed by atoms with van der Waals surface area (Å²) in [6, 6.07) is 2.94. The van der Waals surface area contributed by atoms with Crippen molar-refractivity contribution in [3.8, 4) is 0 Å². The van der Waals surface area contributed by atoms with E-state index in [0.29, 0.717) is 5.56 Å². The lowest BCUT2D eigenvalue weighted by Gasteiger charge is -2.35. The van der Waals surface area contributed by atoms with Crippen molar-refractivity contribution in [2.24, 2.45) is 5.41 Å². The van der Waals surface area contributed by atoms with Crippen LogP contribution in [0.4, 0.5) is 4.79 Å². The number of nitrogens with one attached hydrogen (secondary N) is 3. The number of carbonyl (C=O) groups excluding carboxylic acids is 5. The SMILES string of the molecule is C.CNC(=O)c1ccc(C(=O)NC2CC(C(=O)O)N(C(=O)C(NC(=O)CN(C)C(=O)OC(C)(C)C)C(C)(C)C)C2)cc1. The molecule has 1 saturated heterocycles. The van der Waals surface area contributed by atoms with E-state index >= 15 is 0 Å². The van der Waals surface area contributed by atoms with E-state index in [1.807, 2.05) is 0 Å². The number of rotatable bonds is 8. The first-order valence-electron chi connectivity index (χ1n) is 13.2. The molecule has 234 valence electrons. The van der Waals surface area contributed by atoms with Gasteiger partial charge in [-0.15, -0.1) is 0 Å². The molecular weight excluding hydrogens is 546 g/mol. The second-order valence-electron chi connectivity index (χ2n) is 12.1. The van der Waals surface area contributed by atoms with Gasteiger partial charge in [0.1, 0.15) is 24.2 Å². The van der Waals surface area contributed by atoms with Gasteiger partial charge in [-0.1, -0.05) is 28.2 Å². The third kappa shape index (κ3) is 9.74. The number of hydrogen-bond acceptors (Lipinski definition) is 7. The monoisotopic (exact) mass is 591 g/mol. The fourth-order valence-electron chi connectivity index (χ4n) is 4.25. The van der Waals surface area contributed by atoms with Crippen LogP contribution in [-0.4, -0.2) is 102 Å². The summed E-state index contributed by atoms with van der Waals surface area (Å²) in [6.07, 6.45) is -0.742. The molecule has 0 radical (unpaired) electrons. The van der Waals surface area contributed by atoms with E-state index in [0.717, 1.165) is 9.80 Å². The second kappa shape index (κ2) is 14.1. The highest BCUT2D eigenvalue weighted by Crippen LogP contribution is 2.26. The average Bonchev–Trinajstić information content (AvgIpc) is 3.29. The van der Waals surface area contributed by atoms with Crippen LogP contribution in [0.3, 0.4) is 0 Å². The van der Waals surface area contributed by atoms with Crippen molar-refractivity contribution in [3.63, 3.8) is 0 Å². The Hall–Kier alpha value is -4.16. The number of hydrogen-bond donors (Lipinski definition) is 4. The predicted molar refractivity (Wildman–Crippen MR) is 156 cm³/mol. The molecule has 1 aliphatic heterocycles. The quantitative estimate of drug-likeness (QED) is 0.354. The molecule has 5 amide bonds. The summed E-state index contributed by atoms with van der Waals surface area (Å²) in [4.78, 5) is 77.6. The standard InChI is InChI=1S/C28H41N5O8.CH4/c1-27(2,3)21(31-20(34)15-32(8)26(40)41-28(4,5)6)24(37)33-14-18(13-19(33)25(38)39)30-23(36)17-11-9-16(10-12-17)22(35)29-7;/h9-12,18-19,21H,13-15H2,1-8H3,(H,29,35)(H,30,36)(H,31,34)(H,38,39);1H4. The number of aliphatic carboxylic acids is 1. The Morgan fingerprint density at radius 3 is 1.98 bits per heavy atom. The van der Waals surface area contributed by atoms with Crippen molar-refractivity contribution in [2.45, 2.75) is 79.1 Å². The number of nitrogens with zero attached hydrogens (tertiary/aromatic N) is 2. The first kappa shape index (κ1) is 35.9. The summed E-state index contributed by atoms with van der Waals surface area (Å²) in [5.74, 6) is -3.27. The molecule has 1 heterocycles. The van der Waals surface area contributed by atoms with Gasteiger partial charge >= 0.3 is 12.1 Å². The van der Waals surface area contributed by atoms with Crippen molar-refractivity contribution in [2.75, 3.05) is 27.2 Å². The zero-order valence-electron chi connectivity index (χ0n) is 24.9. The van der Waals surface area contributed by atoms with Crippen molar-refractivity contribution in [1.29, 1.82) is 0 Å². The minimum absolute atomic E-state index is 0. The molecule has 1 aliphatic rings. The Kier molecular flexibility index (Phi) is 12.1. The molecule has 42 heavy (non-hydrogen) atoms. The molecule has 2 rings (SSSR count). The van der Waals surface area contributed by atoms with Crippen LogP contribution in [0.5, 0.6) is 0 Å². The van der Waals surface area contributed by atoms with Gasteiger partial charge in [0, 0.05) is 44.2 Å². The van der Waals surface area contributed by atoms with Gasteiger partial charge in [-0.2, -0.15) is 0 Å². The lowest BCUT2D eigenvalue weighted by molar-refractivity contribution is -0.150. The van der Waals surface area contributed by atoms with Crippen molar-refractivity contribution in [1.82, 2.24) is 25.8 Å². The molecule has 3 unspecified atom stereocenters. The maximum absolute atomic E-state index is 13.7. The topological polar surface area (TPSA) is 174 Å². The molecule has 0 aliphatic carbocycles.